The van der Waals surface area contributed by atoms with Crippen LogP contribution in [0.5, 0.6) is 11.5 Å². The number of benzene rings is 2. The highest BCUT2D eigenvalue weighted by Crippen LogP contribution is 2.35. The van der Waals surface area contributed by atoms with E-state index in [0.717, 1.165) is 60.7 Å². The SMILES string of the molecule is COCCCCOc1ccc([C@@H]2[C@@H](OCc3ccc4c(c3)N(CCCOC)CCO4)CNC[C@H]2OC[C@@H](O)CO[N+](=O)[O-])cc1. The first kappa shape index (κ1) is 34.7. The van der Waals surface area contributed by atoms with Gasteiger partial charge < -0.3 is 48.6 Å². The summed E-state index contributed by atoms with van der Waals surface area (Å²) in [5, 5.41) is 23.2. The number of anilines is 1. The molecule has 45 heavy (non-hydrogen) atoms. The number of fused-ring (bicyclic) bond motifs is 1. The van der Waals surface area contributed by atoms with Gasteiger partial charge in [0.15, 0.2) is 0 Å². The monoisotopic (exact) mass is 633 g/mol. The highest BCUT2D eigenvalue weighted by Gasteiger charge is 2.36. The van der Waals surface area contributed by atoms with E-state index in [2.05, 4.69) is 21.1 Å². The zero-order valence-corrected chi connectivity index (χ0v) is 26.3. The van der Waals surface area contributed by atoms with Crippen molar-refractivity contribution in [1.82, 2.24) is 5.32 Å². The molecule has 0 saturated carbocycles. The minimum Gasteiger partial charge on any atom is -0.494 e. The fraction of sp³-hybridized carbons (Fsp3) is 0.625. The Hall–Kier alpha value is -3.20. The molecule has 2 aromatic carbocycles. The molecular weight excluding hydrogens is 586 g/mol. The fourth-order valence-electron chi connectivity index (χ4n) is 5.61. The first-order chi connectivity index (χ1) is 22.0. The van der Waals surface area contributed by atoms with Crippen LogP contribution in [0.2, 0.25) is 0 Å². The van der Waals surface area contributed by atoms with E-state index in [1.165, 1.54) is 0 Å². The molecule has 0 amide bonds. The van der Waals surface area contributed by atoms with Crippen molar-refractivity contribution in [2.24, 2.45) is 0 Å². The Morgan fingerprint density at radius 3 is 2.49 bits per heavy atom. The van der Waals surface area contributed by atoms with Crippen LogP contribution in [0, 0.1) is 10.1 Å². The largest absolute Gasteiger partial charge is 0.494 e. The van der Waals surface area contributed by atoms with Crippen LogP contribution >= 0.6 is 0 Å². The van der Waals surface area contributed by atoms with Crippen molar-refractivity contribution in [2.45, 2.75) is 50.1 Å². The number of hydrogen-bond acceptors (Lipinski definition) is 12. The van der Waals surface area contributed by atoms with Gasteiger partial charge in [0.2, 0.25) is 0 Å². The molecule has 1 saturated heterocycles. The molecule has 0 aliphatic carbocycles. The number of ether oxygens (including phenoxy) is 6. The molecule has 2 aliphatic rings. The van der Waals surface area contributed by atoms with Crippen molar-refractivity contribution in [1.29, 1.82) is 0 Å². The predicted octanol–water partition coefficient (Wildman–Crippen LogP) is 2.95. The van der Waals surface area contributed by atoms with E-state index in [-0.39, 0.29) is 24.7 Å². The Morgan fingerprint density at radius 1 is 1.00 bits per heavy atom. The Labute approximate surface area is 264 Å². The lowest BCUT2D eigenvalue weighted by Gasteiger charge is -2.39. The second-order valence-electron chi connectivity index (χ2n) is 11.2. The van der Waals surface area contributed by atoms with Crippen molar-refractivity contribution < 1.29 is 43.5 Å². The molecule has 1 fully saturated rings. The van der Waals surface area contributed by atoms with E-state index in [4.69, 9.17) is 28.4 Å². The molecule has 2 heterocycles. The van der Waals surface area contributed by atoms with Gasteiger partial charge in [-0.2, -0.15) is 0 Å². The van der Waals surface area contributed by atoms with E-state index in [0.29, 0.717) is 46.1 Å². The molecule has 0 aromatic heterocycles. The van der Waals surface area contributed by atoms with E-state index in [1.807, 2.05) is 36.4 Å². The van der Waals surface area contributed by atoms with Gasteiger partial charge in [0, 0.05) is 53.0 Å². The van der Waals surface area contributed by atoms with Crippen LogP contribution in [0.3, 0.4) is 0 Å². The minimum atomic E-state index is -1.14. The summed E-state index contributed by atoms with van der Waals surface area (Å²) in [7, 11) is 3.41. The highest BCUT2D eigenvalue weighted by molar-refractivity contribution is 5.61. The number of aliphatic hydroxyl groups excluding tert-OH is 1. The number of unbranched alkanes of at least 4 members (excludes halogenated alkanes) is 1. The van der Waals surface area contributed by atoms with Crippen LogP contribution < -0.4 is 19.7 Å². The highest BCUT2D eigenvalue weighted by atomic mass is 17.0. The molecule has 2 aliphatic heterocycles. The molecular formula is C32H47N3O10. The van der Waals surface area contributed by atoms with Crippen LogP contribution in [-0.2, 0) is 30.4 Å². The average molecular weight is 634 g/mol. The third-order valence-electron chi connectivity index (χ3n) is 7.87. The first-order valence-corrected chi connectivity index (χ1v) is 15.6. The van der Waals surface area contributed by atoms with Gasteiger partial charge in [-0.15, -0.1) is 10.1 Å². The molecule has 4 rings (SSSR count). The smallest absolute Gasteiger partial charge is 0.294 e. The standard InChI is InChI=1S/C32H47N3O10/c1-39-14-3-4-16-41-27-9-7-25(8-10-27)32-30(19-33-20-31(32)44-22-26(36)23-45-35(37)38)43-21-24-6-11-29-28(18-24)34(13-17-42-29)12-5-15-40-2/h6-11,18,26,30-33,36H,3-5,12-17,19-23H2,1-2H3/t26-,30+,31-,32-/m1/s1. The molecule has 13 heteroatoms. The summed E-state index contributed by atoms with van der Waals surface area (Å²) >= 11 is 0. The number of hydrogen-bond donors (Lipinski definition) is 2. The van der Waals surface area contributed by atoms with Gasteiger partial charge in [0.1, 0.15) is 30.8 Å². The van der Waals surface area contributed by atoms with Gasteiger partial charge in [0.25, 0.3) is 5.09 Å². The Balaban J connectivity index is 1.45. The number of nitrogens with one attached hydrogen (secondary N) is 1. The van der Waals surface area contributed by atoms with Gasteiger partial charge in [0.05, 0.1) is 44.3 Å². The second kappa shape index (κ2) is 18.7. The lowest BCUT2D eigenvalue weighted by Crippen LogP contribution is -2.51. The van der Waals surface area contributed by atoms with E-state index >= 15 is 0 Å². The molecule has 0 spiro atoms. The lowest BCUT2D eigenvalue weighted by molar-refractivity contribution is -0.759. The summed E-state index contributed by atoms with van der Waals surface area (Å²) in [6.07, 6.45) is 1.01. The third kappa shape index (κ3) is 11.0. The van der Waals surface area contributed by atoms with Crippen LogP contribution in [0.25, 0.3) is 0 Å². The second-order valence-corrected chi connectivity index (χ2v) is 11.2. The topological polar surface area (TPSA) is 143 Å². The van der Waals surface area contributed by atoms with Gasteiger partial charge in [-0.1, -0.05) is 18.2 Å². The molecule has 0 radical (unpaired) electrons. The van der Waals surface area contributed by atoms with Crippen molar-refractivity contribution in [3.63, 3.8) is 0 Å². The number of rotatable bonds is 20. The van der Waals surface area contributed by atoms with Gasteiger partial charge in [-0.25, -0.2) is 0 Å². The van der Waals surface area contributed by atoms with Crippen LogP contribution in [-0.4, -0.2) is 109 Å². The fourth-order valence-corrected chi connectivity index (χ4v) is 5.61. The quantitative estimate of drug-likeness (QED) is 0.126. The first-order valence-electron chi connectivity index (χ1n) is 15.6. The van der Waals surface area contributed by atoms with E-state index in [9.17, 15) is 15.2 Å². The van der Waals surface area contributed by atoms with Gasteiger partial charge >= 0.3 is 0 Å². The lowest BCUT2D eigenvalue weighted by atomic mass is 9.85. The summed E-state index contributed by atoms with van der Waals surface area (Å²) in [6, 6.07) is 14.1. The summed E-state index contributed by atoms with van der Waals surface area (Å²) in [5.74, 6) is 1.48. The van der Waals surface area contributed by atoms with Crippen LogP contribution in [0.1, 0.15) is 36.3 Å². The maximum absolute atomic E-state index is 10.5. The summed E-state index contributed by atoms with van der Waals surface area (Å²) in [5.41, 5.74) is 3.10. The molecule has 250 valence electrons. The molecule has 13 nitrogen and oxygen atoms in total. The van der Waals surface area contributed by atoms with Crippen molar-refractivity contribution in [3.05, 3.63) is 63.7 Å². The maximum atomic E-state index is 10.5. The normalized spacial score (nSPS) is 20.2. The van der Waals surface area contributed by atoms with Crippen LogP contribution in [0.4, 0.5) is 5.69 Å². The number of methoxy groups -OCH3 is 2. The molecule has 4 atom stereocenters. The maximum Gasteiger partial charge on any atom is 0.294 e. The molecule has 2 aromatic rings. The number of piperidine rings is 1. The van der Waals surface area contributed by atoms with E-state index in [1.54, 1.807) is 14.2 Å². The zero-order valence-electron chi connectivity index (χ0n) is 26.3. The van der Waals surface area contributed by atoms with Crippen LogP contribution in [0.15, 0.2) is 42.5 Å². The number of aliphatic hydroxyl groups is 1. The minimum absolute atomic E-state index is 0.115. The molecule has 2 N–H and O–H groups in total. The van der Waals surface area contributed by atoms with Crippen molar-refractivity contribution in [2.75, 3.05) is 84.9 Å². The predicted molar refractivity (Wildman–Crippen MR) is 167 cm³/mol. The Morgan fingerprint density at radius 2 is 1.73 bits per heavy atom. The Kier molecular flexibility index (Phi) is 14.4. The molecule has 0 bridgehead atoms. The van der Waals surface area contributed by atoms with Gasteiger partial charge in [-0.3, -0.25) is 0 Å². The van der Waals surface area contributed by atoms with E-state index < -0.39 is 17.8 Å². The summed E-state index contributed by atoms with van der Waals surface area (Å²) in [6.45, 7) is 5.31. The van der Waals surface area contributed by atoms with Gasteiger partial charge in [-0.05, 0) is 54.7 Å². The number of nitrogens with zero attached hydrogens (tertiary/aromatic N) is 2. The third-order valence-corrected chi connectivity index (χ3v) is 7.87. The molecule has 0 unspecified atom stereocenters. The zero-order chi connectivity index (χ0) is 31.9. The Bertz CT molecular complexity index is 1150. The van der Waals surface area contributed by atoms with Crippen molar-refractivity contribution in [3.8, 4) is 11.5 Å². The summed E-state index contributed by atoms with van der Waals surface area (Å²) in [4.78, 5) is 17.2. The van der Waals surface area contributed by atoms with Crippen molar-refractivity contribution >= 4 is 5.69 Å². The average Bonchev–Trinajstić information content (AvgIpc) is 3.06. The summed E-state index contributed by atoms with van der Waals surface area (Å²) < 4.78 is 34.8.